The molecule has 0 aliphatic rings. The number of hydrogen-bond donors (Lipinski definition) is 1. The molecule has 0 aliphatic heterocycles. The standard InChI is InChI=1S/C17H17NO2S/c1-21-15-9-7-14(8-10-15)18-17(20)12-11-16(19)13-5-3-2-4-6-13/h2-10H,11-12H2,1H3,(H,18,20). The molecule has 0 saturated heterocycles. The van der Waals surface area contributed by atoms with Crippen LogP contribution in [0.3, 0.4) is 0 Å². The first kappa shape index (κ1) is 15.3. The van der Waals surface area contributed by atoms with Gasteiger partial charge in [-0.2, -0.15) is 0 Å². The minimum Gasteiger partial charge on any atom is -0.326 e. The number of carbonyl (C=O) groups excluding carboxylic acids is 2. The Morgan fingerprint density at radius 2 is 1.62 bits per heavy atom. The summed E-state index contributed by atoms with van der Waals surface area (Å²) in [6, 6.07) is 16.7. The van der Waals surface area contributed by atoms with Gasteiger partial charge in [0.05, 0.1) is 0 Å². The van der Waals surface area contributed by atoms with Crippen molar-refractivity contribution in [2.75, 3.05) is 11.6 Å². The molecule has 2 aromatic rings. The number of thioether (sulfide) groups is 1. The van der Waals surface area contributed by atoms with Crippen LogP contribution >= 0.6 is 11.8 Å². The number of hydrogen-bond acceptors (Lipinski definition) is 3. The highest BCUT2D eigenvalue weighted by atomic mass is 32.2. The van der Waals surface area contributed by atoms with Gasteiger partial charge in [0.15, 0.2) is 5.78 Å². The Hall–Kier alpha value is -2.07. The lowest BCUT2D eigenvalue weighted by Crippen LogP contribution is -2.13. The first-order valence-electron chi connectivity index (χ1n) is 6.71. The third-order valence-electron chi connectivity index (χ3n) is 3.05. The maximum atomic E-state index is 11.9. The maximum Gasteiger partial charge on any atom is 0.224 e. The molecule has 0 bridgehead atoms. The lowest BCUT2D eigenvalue weighted by atomic mass is 10.1. The number of amides is 1. The number of Topliss-reactive ketones (excluding diaryl/α,β-unsaturated/α-hetero) is 1. The minimum atomic E-state index is -0.142. The number of carbonyl (C=O) groups is 2. The Bertz CT molecular complexity index is 608. The van der Waals surface area contributed by atoms with Crippen LogP contribution in [-0.4, -0.2) is 17.9 Å². The zero-order valence-electron chi connectivity index (χ0n) is 11.8. The van der Waals surface area contributed by atoms with Gasteiger partial charge < -0.3 is 5.32 Å². The van der Waals surface area contributed by atoms with Crippen molar-refractivity contribution in [1.82, 2.24) is 0 Å². The summed E-state index contributed by atoms with van der Waals surface area (Å²) in [5, 5.41) is 2.80. The number of nitrogens with one attached hydrogen (secondary N) is 1. The summed E-state index contributed by atoms with van der Waals surface area (Å²) >= 11 is 1.65. The second kappa shape index (κ2) is 7.64. The van der Waals surface area contributed by atoms with Gasteiger partial charge in [0.2, 0.25) is 5.91 Å². The Kier molecular flexibility index (Phi) is 5.58. The summed E-state index contributed by atoms with van der Waals surface area (Å²) in [6.45, 7) is 0. The molecule has 108 valence electrons. The summed E-state index contributed by atoms with van der Waals surface area (Å²) in [6.07, 6.45) is 2.42. The average Bonchev–Trinajstić information content (AvgIpc) is 2.54. The molecule has 0 atom stereocenters. The van der Waals surface area contributed by atoms with Crippen LogP contribution in [0.15, 0.2) is 59.5 Å². The summed E-state index contributed by atoms with van der Waals surface area (Å²) in [5.74, 6) is -0.153. The molecule has 1 amide bonds. The summed E-state index contributed by atoms with van der Waals surface area (Å²) in [5.41, 5.74) is 1.40. The quantitative estimate of drug-likeness (QED) is 0.647. The van der Waals surface area contributed by atoms with E-state index in [4.69, 9.17) is 0 Å². The zero-order chi connectivity index (χ0) is 15.1. The highest BCUT2D eigenvalue weighted by Gasteiger charge is 2.09. The van der Waals surface area contributed by atoms with E-state index in [0.717, 1.165) is 10.6 Å². The second-order valence-corrected chi connectivity index (χ2v) is 5.45. The van der Waals surface area contributed by atoms with Crippen molar-refractivity contribution in [3.63, 3.8) is 0 Å². The van der Waals surface area contributed by atoms with Crippen LogP contribution < -0.4 is 5.32 Å². The van der Waals surface area contributed by atoms with E-state index in [1.54, 1.807) is 23.9 Å². The van der Waals surface area contributed by atoms with Gasteiger partial charge in [-0.25, -0.2) is 0 Å². The van der Waals surface area contributed by atoms with Crippen LogP contribution in [0.5, 0.6) is 0 Å². The fraction of sp³-hybridized carbons (Fsp3) is 0.176. The number of rotatable bonds is 6. The fourth-order valence-electron chi connectivity index (χ4n) is 1.89. The molecule has 21 heavy (non-hydrogen) atoms. The molecule has 4 heteroatoms. The molecular weight excluding hydrogens is 282 g/mol. The lowest BCUT2D eigenvalue weighted by molar-refractivity contribution is -0.116. The Balaban J connectivity index is 1.83. The molecule has 0 fully saturated rings. The van der Waals surface area contributed by atoms with E-state index in [1.807, 2.05) is 48.7 Å². The molecule has 0 heterocycles. The van der Waals surface area contributed by atoms with Crippen LogP contribution in [0.2, 0.25) is 0 Å². The molecule has 0 aromatic heterocycles. The number of ketones is 1. The molecule has 1 N–H and O–H groups in total. The van der Waals surface area contributed by atoms with Crippen molar-refractivity contribution in [3.8, 4) is 0 Å². The molecule has 2 rings (SSSR count). The molecular formula is C17H17NO2S. The second-order valence-electron chi connectivity index (χ2n) is 4.57. The highest BCUT2D eigenvalue weighted by molar-refractivity contribution is 7.98. The van der Waals surface area contributed by atoms with Gasteiger partial charge >= 0.3 is 0 Å². The van der Waals surface area contributed by atoms with Crippen molar-refractivity contribution in [1.29, 1.82) is 0 Å². The van der Waals surface area contributed by atoms with Crippen molar-refractivity contribution in [2.24, 2.45) is 0 Å². The highest BCUT2D eigenvalue weighted by Crippen LogP contribution is 2.17. The Morgan fingerprint density at radius 1 is 0.952 bits per heavy atom. The molecule has 0 saturated carbocycles. The number of benzene rings is 2. The van der Waals surface area contributed by atoms with Gasteiger partial charge in [0, 0.05) is 29.0 Å². The largest absolute Gasteiger partial charge is 0.326 e. The van der Waals surface area contributed by atoms with Crippen LogP contribution in [0.25, 0.3) is 0 Å². The van der Waals surface area contributed by atoms with Crippen LogP contribution in [0.1, 0.15) is 23.2 Å². The molecule has 0 unspecified atom stereocenters. The van der Waals surface area contributed by atoms with Crippen LogP contribution in [0.4, 0.5) is 5.69 Å². The third-order valence-corrected chi connectivity index (χ3v) is 3.79. The van der Waals surface area contributed by atoms with Gasteiger partial charge in [-0.05, 0) is 30.5 Å². The van der Waals surface area contributed by atoms with Crippen LogP contribution in [-0.2, 0) is 4.79 Å². The summed E-state index contributed by atoms with van der Waals surface area (Å²) < 4.78 is 0. The monoisotopic (exact) mass is 299 g/mol. The molecule has 0 aliphatic carbocycles. The Morgan fingerprint density at radius 3 is 2.24 bits per heavy atom. The summed E-state index contributed by atoms with van der Waals surface area (Å²) in [4.78, 5) is 24.9. The number of anilines is 1. The van der Waals surface area contributed by atoms with Gasteiger partial charge in [-0.15, -0.1) is 11.8 Å². The maximum absolute atomic E-state index is 11.9. The summed E-state index contributed by atoms with van der Waals surface area (Å²) in [7, 11) is 0. The lowest BCUT2D eigenvalue weighted by Gasteiger charge is -2.06. The topological polar surface area (TPSA) is 46.2 Å². The predicted molar refractivity (Wildman–Crippen MR) is 86.9 cm³/mol. The SMILES string of the molecule is CSc1ccc(NC(=O)CCC(=O)c2ccccc2)cc1. The average molecular weight is 299 g/mol. The van der Waals surface area contributed by atoms with E-state index in [9.17, 15) is 9.59 Å². The smallest absolute Gasteiger partial charge is 0.224 e. The van der Waals surface area contributed by atoms with Gasteiger partial charge in [-0.1, -0.05) is 30.3 Å². The van der Waals surface area contributed by atoms with E-state index in [-0.39, 0.29) is 24.5 Å². The fourth-order valence-corrected chi connectivity index (χ4v) is 2.30. The molecule has 0 spiro atoms. The van der Waals surface area contributed by atoms with E-state index in [1.165, 1.54) is 0 Å². The first-order chi connectivity index (χ1) is 10.2. The molecule has 2 aromatic carbocycles. The van der Waals surface area contributed by atoms with Crippen molar-refractivity contribution in [2.45, 2.75) is 17.7 Å². The van der Waals surface area contributed by atoms with E-state index in [0.29, 0.717) is 5.56 Å². The third kappa shape index (κ3) is 4.76. The van der Waals surface area contributed by atoms with Gasteiger partial charge in [-0.3, -0.25) is 9.59 Å². The van der Waals surface area contributed by atoms with Crippen LogP contribution in [0, 0.1) is 0 Å². The van der Waals surface area contributed by atoms with Crippen molar-refractivity contribution in [3.05, 3.63) is 60.2 Å². The molecule has 3 nitrogen and oxygen atoms in total. The molecule has 0 radical (unpaired) electrons. The zero-order valence-corrected chi connectivity index (χ0v) is 12.7. The van der Waals surface area contributed by atoms with E-state index >= 15 is 0 Å². The van der Waals surface area contributed by atoms with E-state index in [2.05, 4.69) is 5.32 Å². The van der Waals surface area contributed by atoms with E-state index < -0.39 is 0 Å². The van der Waals surface area contributed by atoms with Crippen molar-refractivity contribution < 1.29 is 9.59 Å². The minimum absolute atomic E-state index is 0.0107. The van der Waals surface area contributed by atoms with Crippen molar-refractivity contribution >= 4 is 29.1 Å². The normalized spacial score (nSPS) is 10.1. The Labute approximate surface area is 128 Å². The predicted octanol–water partition coefficient (Wildman–Crippen LogP) is 4.01. The van der Waals surface area contributed by atoms with Gasteiger partial charge in [0.1, 0.15) is 0 Å². The van der Waals surface area contributed by atoms with Gasteiger partial charge in [0.25, 0.3) is 0 Å². The first-order valence-corrected chi connectivity index (χ1v) is 7.93.